The van der Waals surface area contributed by atoms with Gasteiger partial charge < -0.3 is 10.5 Å². The number of thioether (sulfide) groups is 1. The first-order chi connectivity index (χ1) is 6.81. The number of fused-ring (bicyclic) bond motifs is 1. The van der Waals surface area contributed by atoms with E-state index in [1.54, 1.807) is 11.8 Å². The zero-order valence-electron chi connectivity index (χ0n) is 8.32. The molecule has 0 amide bonds. The zero-order valence-corrected chi connectivity index (χ0v) is 9.14. The zero-order chi connectivity index (χ0) is 9.97. The second kappa shape index (κ2) is 4.24. The summed E-state index contributed by atoms with van der Waals surface area (Å²) >= 11 is 1.78. The maximum Gasteiger partial charge on any atom is 0.122 e. The van der Waals surface area contributed by atoms with E-state index < -0.39 is 0 Å². The van der Waals surface area contributed by atoms with Gasteiger partial charge in [-0.2, -0.15) is 11.8 Å². The molecule has 1 heterocycles. The number of nitrogens with two attached hydrogens (primary N) is 1. The number of rotatable bonds is 3. The summed E-state index contributed by atoms with van der Waals surface area (Å²) in [5, 5.41) is 0. The van der Waals surface area contributed by atoms with Gasteiger partial charge >= 0.3 is 0 Å². The molecule has 0 spiro atoms. The van der Waals surface area contributed by atoms with E-state index in [-0.39, 0.29) is 6.04 Å². The molecule has 0 radical (unpaired) electrons. The third-order valence-corrected chi connectivity index (χ3v) is 3.18. The second-order valence-corrected chi connectivity index (χ2v) is 4.44. The molecule has 0 bridgehead atoms. The molecule has 0 saturated carbocycles. The van der Waals surface area contributed by atoms with Crippen LogP contribution >= 0.6 is 11.8 Å². The monoisotopic (exact) mass is 209 g/mol. The SMILES string of the molecule is CSCC(N)c1ccc2c(c1)CCO2. The first-order valence-corrected chi connectivity index (χ1v) is 6.21. The molecule has 1 aliphatic heterocycles. The Bertz CT molecular complexity index is 327. The van der Waals surface area contributed by atoms with Crippen LogP contribution in [0.2, 0.25) is 0 Å². The first-order valence-electron chi connectivity index (χ1n) is 4.81. The molecule has 0 aromatic heterocycles. The van der Waals surface area contributed by atoms with Crippen molar-refractivity contribution in [1.82, 2.24) is 0 Å². The highest BCUT2D eigenvalue weighted by Gasteiger charge is 2.14. The quantitative estimate of drug-likeness (QED) is 0.826. The van der Waals surface area contributed by atoms with Crippen molar-refractivity contribution in [3.8, 4) is 5.75 Å². The summed E-state index contributed by atoms with van der Waals surface area (Å²) in [5.74, 6) is 2.00. The molecule has 1 atom stereocenters. The average molecular weight is 209 g/mol. The molecule has 0 saturated heterocycles. The Hall–Kier alpha value is -0.670. The van der Waals surface area contributed by atoms with E-state index in [0.29, 0.717) is 0 Å². The van der Waals surface area contributed by atoms with E-state index in [0.717, 1.165) is 24.5 Å². The van der Waals surface area contributed by atoms with Crippen LogP contribution in [0.4, 0.5) is 0 Å². The van der Waals surface area contributed by atoms with Crippen LogP contribution in [0.25, 0.3) is 0 Å². The number of benzene rings is 1. The second-order valence-electron chi connectivity index (χ2n) is 3.53. The van der Waals surface area contributed by atoms with E-state index in [2.05, 4.69) is 18.4 Å². The molecule has 0 fully saturated rings. The average Bonchev–Trinajstić information content (AvgIpc) is 2.64. The maximum atomic E-state index is 6.04. The molecule has 76 valence electrons. The van der Waals surface area contributed by atoms with Gasteiger partial charge in [0.1, 0.15) is 5.75 Å². The molecule has 0 aliphatic carbocycles. The van der Waals surface area contributed by atoms with Crippen molar-refractivity contribution in [2.45, 2.75) is 12.5 Å². The van der Waals surface area contributed by atoms with Gasteiger partial charge in [-0.1, -0.05) is 12.1 Å². The van der Waals surface area contributed by atoms with E-state index in [1.165, 1.54) is 11.1 Å². The Morgan fingerprint density at radius 1 is 1.57 bits per heavy atom. The van der Waals surface area contributed by atoms with E-state index in [9.17, 15) is 0 Å². The van der Waals surface area contributed by atoms with Gasteiger partial charge in [0.15, 0.2) is 0 Å². The fourth-order valence-corrected chi connectivity index (χ4v) is 2.26. The summed E-state index contributed by atoms with van der Waals surface area (Å²) in [5.41, 5.74) is 8.57. The van der Waals surface area contributed by atoms with Gasteiger partial charge in [-0.05, 0) is 23.4 Å². The molecule has 1 aromatic rings. The fraction of sp³-hybridized carbons (Fsp3) is 0.455. The smallest absolute Gasteiger partial charge is 0.122 e. The van der Waals surface area contributed by atoms with Gasteiger partial charge in [-0.25, -0.2) is 0 Å². The van der Waals surface area contributed by atoms with Crippen LogP contribution in [0.5, 0.6) is 5.75 Å². The van der Waals surface area contributed by atoms with Crippen LogP contribution in [0.1, 0.15) is 17.2 Å². The third kappa shape index (κ3) is 1.88. The Morgan fingerprint density at radius 3 is 3.21 bits per heavy atom. The van der Waals surface area contributed by atoms with Crippen LogP contribution in [-0.2, 0) is 6.42 Å². The van der Waals surface area contributed by atoms with Gasteiger partial charge in [0, 0.05) is 18.2 Å². The number of hydrogen-bond donors (Lipinski definition) is 1. The highest BCUT2D eigenvalue weighted by Crippen LogP contribution is 2.28. The molecule has 1 aromatic carbocycles. The third-order valence-electron chi connectivity index (χ3n) is 2.49. The van der Waals surface area contributed by atoms with Crippen molar-refractivity contribution >= 4 is 11.8 Å². The van der Waals surface area contributed by atoms with E-state index in [1.807, 2.05) is 6.07 Å². The van der Waals surface area contributed by atoms with Gasteiger partial charge in [-0.15, -0.1) is 0 Å². The summed E-state index contributed by atoms with van der Waals surface area (Å²) < 4.78 is 5.45. The number of ether oxygens (including phenoxy) is 1. The Kier molecular flexibility index (Phi) is 2.99. The Morgan fingerprint density at radius 2 is 2.43 bits per heavy atom. The maximum absolute atomic E-state index is 6.04. The molecule has 1 unspecified atom stereocenters. The molecular formula is C11H15NOS. The van der Waals surface area contributed by atoms with Crippen molar-refractivity contribution in [2.75, 3.05) is 18.6 Å². The van der Waals surface area contributed by atoms with Gasteiger partial charge in [0.05, 0.1) is 6.61 Å². The molecule has 2 N–H and O–H groups in total. The minimum atomic E-state index is 0.149. The lowest BCUT2D eigenvalue weighted by molar-refractivity contribution is 0.357. The van der Waals surface area contributed by atoms with Crippen LogP contribution in [-0.4, -0.2) is 18.6 Å². The molecule has 2 nitrogen and oxygen atoms in total. The minimum Gasteiger partial charge on any atom is -0.493 e. The molecule has 3 heteroatoms. The van der Waals surface area contributed by atoms with Crippen molar-refractivity contribution in [2.24, 2.45) is 5.73 Å². The predicted molar refractivity (Wildman–Crippen MR) is 61.0 cm³/mol. The molecular weight excluding hydrogens is 194 g/mol. The lowest BCUT2D eigenvalue weighted by Gasteiger charge is -2.11. The Balaban J connectivity index is 2.19. The minimum absolute atomic E-state index is 0.149. The highest BCUT2D eigenvalue weighted by molar-refractivity contribution is 7.98. The van der Waals surface area contributed by atoms with Gasteiger partial charge in [0.2, 0.25) is 0 Å². The van der Waals surface area contributed by atoms with Crippen LogP contribution in [0, 0.1) is 0 Å². The summed E-state index contributed by atoms with van der Waals surface area (Å²) in [4.78, 5) is 0. The van der Waals surface area contributed by atoms with Crippen LogP contribution in [0.3, 0.4) is 0 Å². The van der Waals surface area contributed by atoms with Gasteiger partial charge in [-0.3, -0.25) is 0 Å². The summed E-state index contributed by atoms with van der Waals surface area (Å²) in [6.45, 7) is 0.816. The standard InChI is InChI=1S/C11H15NOS/c1-14-7-10(12)8-2-3-11-9(6-8)4-5-13-11/h2-3,6,10H,4-5,7,12H2,1H3. The molecule has 14 heavy (non-hydrogen) atoms. The molecule has 2 rings (SSSR count). The summed E-state index contributed by atoms with van der Waals surface area (Å²) in [7, 11) is 0. The van der Waals surface area contributed by atoms with E-state index in [4.69, 9.17) is 10.5 Å². The largest absolute Gasteiger partial charge is 0.493 e. The normalized spacial score (nSPS) is 16.1. The summed E-state index contributed by atoms with van der Waals surface area (Å²) in [6, 6.07) is 6.45. The fourth-order valence-electron chi connectivity index (χ4n) is 1.71. The lowest BCUT2D eigenvalue weighted by atomic mass is 10.0. The number of hydrogen-bond acceptors (Lipinski definition) is 3. The molecule has 1 aliphatic rings. The van der Waals surface area contributed by atoms with Crippen molar-refractivity contribution in [3.05, 3.63) is 29.3 Å². The van der Waals surface area contributed by atoms with Crippen LogP contribution < -0.4 is 10.5 Å². The highest BCUT2D eigenvalue weighted by atomic mass is 32.2. The van der Waals surface area contributed by atoms with E-state index >= 15 is 0 Å². The van der Waals surface area contributed by atoms with Crippen molar-refractivity contribution in [3.63, 3.8) is 0 Å². The van der Waals surface area contributed by atoms with Crippen molar-refractivity contribution in [1.29, 1.82) is 0 Å². The van der Waals surface area contributed by atoms with Crippen LogP contribution in [0.15, 0.2) is 18.2 Å². The predicted octanol–water partition coefficient (Wildman–Crippen LogP) is 1.98. The lowest BCUT2D eigenvalue weighted by Crippen LogP contribution is -2.12. The Labute approximate surface area is 88.8 Å². The van der Waals surface area contributed by atoms with Crippen molar-refractivity contribution < 1.29 is 4.74 Å². The first kappa shape index (κ1) is 9.87. The van der Waals surface area contributed by atoms with Gasteiger partial charge in [0.25, 0.3) is 0 Å². The topological polar surface area (TPSA) is 35.2 Å². The summed E-state index contributed by atoms with van der Waals surface area (Å²) in [6.07, 6.45) is 3.10.